The second kappa shape index (κ2) is 12.7. The molecule has 6 nitrogen and oxygen atoms in total. The van der Waals surface area contributed by atoms with E-state index >= 15 is 0 Å². The van der Waals surface area contributed by atoms with Crippen molar-refractivity contribution in [3.05, 3.63) is 29.8 Å². The normalized spacial score (nSPS) is 21.7. The first kappa shape index (κ1) is 25.2. The molecule has 0 bridgehead atoms. The monoisotopic (exact) mass is 530 g/mol. The van der Waals surface area contributed by atoms with Gasteiger partial charge in [-0.25, -0.2) is 0 Å². The third-order valence-corrected chi connectivity index (χ3v) is 6.45. The maximum atomic E-state index is 5.67. The van der Waals surface area contributed by atoms with Gasteiger partial charge in [0.1, 0.15) is 5.75 Å². The number of benzene rings is 1. The molecule has 0 spiro atoms. The lowest BCUT2D eigenvalue weighted by Crippen LogP contribution is -2.46. The fourth-order valence-corrected chi connectivity index (χ4v) is 4.57. The van der Waals surface area contributed by atoms with Crippen LogP contribution < -0.4 is 15.4 Å². The van der Waals surface area contributed by atoms with Gasteiger partial charge in [0.15, 0.2) is 5.96 Å². The molecule has 1 aromatic rings. The van der Waals surface area contributed by atoms with Gasteiger partial charge in [-0.05, 0) is 63.4 Å². The highest BCUT2D eigenvalue weighted by molar-refractivity contribution is 14.0. The van der Waals surface area contributed by atoms with Crippen molar-refractivity contribution in [2.75, 3.05) is 53.0 Å². The number of hydrogen-bond acceptors (Lipinski definition) is 4. The summed E-state index contributed by atoms with van der Waals surface area (Å²) in [6.07, 6.45) is 4.56. The third-order valence-electron chi connectivity index (χ3n) is 6.45. The van der Waals surface area contributed by atoms with Crippen molar-refractivity contribution >= 4 is 29.9 Å². The standard InChI is InChI=1S/C23H38N4O2.HI/c1-4-24-22(25-17-20-7-6-14-27(20)5-2)26-18-23(12-15-29-16-13-23)19-8-10-21(28-3)11-9-19;/h8-11,20H,4-7,12-18H2,1-3H3,(H2,24,25,26);1H. The second-order valence-corrected chi connectivity index (χ2v) is 8.12. The van der Waals surface area contributed by atoms with E-state index in [1.807, 2.05) is 0 Å². The van der Waals surface area contributed by atoms with Crippen LogP contribution in [0.25, 0.3) is 0 Å². The lowest BCUT2D eigenvalue weighted by molar-refractivity contribution is 0.0531. The molecule has 2 fully saturated rings. The fourth-order valence-electron chi connectivity index (χ4n) is 4.57. The molecule has 0 aliphatic carbocycles. The molecule has 7 heteroatoms. The number of halogens is 1. The van der Waals surface area contributed by atoms with E-state index in [4.69, 9.17) is 14.5 Å². The fraction of sp³-hybridized carbons (Fsp3) is 0.696. The maximum absolute atomic E-state index is 5.67. The van der Waals surface area contributed by atoms with Crippen molar-refractivity contribution in [2.24, 2.45) is 4.99 Å². The van der Waals surface area contributed by atoms with E-state index in [-0.39, 0.29) is 29.4 Å². The van der Waals surface area contributed by atoms with E-state index in [1.165, 1.54) is 24.9 Å². The van der Waals surface area contributed by atoms with Crippen LogP contribution >= 0.6 is 24.0 Å². The highest BCUT2D eigenvalue weighted by atomic mass is 127. The number of rotatable bonds is 8. The molecule has 2 aliphatic rings. The van der Waals surface area contributed by atoms with Crippen LogP contribution in [0.2, 0.25) is 0 Å². The Morgan fingerprint density at radius 2 is 1.93 bits per heavy atom. The molecule has 0 radical (unpaired) electrons. The molecular formula is C23H39IN4O2. The van der Waals surface area contributed by atoms with E-state index in [0.717, 1.165) is 63.9 Å². The van der Waals surface area contributed by atoms with Gasteiger partial charge in [-0.15, -0.1) is 24.0 Å². The van der Waals surface area contributed by atoms with Gasteiger partial charge in [0.2, 0.25) is 0 Å². The highest BCUT2D eigenvalue weighted by Gasteiger charge is 2.34. The van der Waals surface area contributed by atoms with Crippen LogP contribution in [0, 0.1) is 0 Å². The molecule has 0 amide bonds. The number of aliphatic imine (C=N–C) groups is 1. The summed E-state index contributed by atoms with van der Waals surface area (Å²) in [7, 11) is 1.71. The van der Waals surface area contributed by atoms with Crippen molar-refractivity contribution < 1.29 is 9.47 Å². The quantitative estimate of drug-likeness (QED) is 0.307. The van der Waals surface area contributed by atoms with Gasteiger partial charge >= 0.3 is 0 Å². The Balaban J connectivity index is 0.00000320. The zero-order valence-electron chi connectivity index (χ0n) is 18.8. The summed E-state index contributed by atoms with van der Waals surface area (Å²) in [6, 6.07) is 9.11. The lowest BCUT2D eigenvalue weighted by Gasteiger charge is -2.37. The Bertz CT molecular complexity index is 647. The summed E-state index contributed by atoms with van der Waals surface area (Å²) < 4.78 is 11.0. The zero-order chi connectivity index (χ0) is 20.5. The van der Waals surface area contributed by atoms with Crippen LogP contribution in [-0.4, -0.2) is 69.9 Å². The van der Waals surface area contributed by atoms with E-state index in [1.54, 1.807) is 7.11 Å². The SMILES string of the molecule is CCNC(=NCC1(c2ccc(OC)cc2)CCOCC1)NCC1CCCN1CC.I. The van der Waals surface area contributed by atoms with Crippen molar-refractivity contribution in [1.82, 2.24) is 15.5 Å². The van der Waals surface area contributed by atoms with Crippen LogP contribution in [-0.2, 0) is 10.2 Å². The number of methoxy groups -OCH3 is 1. The molecule has 0 aromatic heterocycles. The first-order valence-corrected chi connectivity index (χ1v) is 11.2. The van der Waals surface area contributed by atoms with E-state index in [0.29, 0.717) is 6.04 Å². The minimum absolute atomic E-state index is 0. The number of nitrogens with zero attached hydrogens (tertiary/aromatic N) is 2. The topological polar surface area (TPSA) is 58.1 Å². The van der Waals surface area contributed by atoms with Gasteiger partial charge in [0.25, 0.3) is 0 Å². The maximum Gasteiger partial charge on any atom is 0.191 e. The molecule has 30 heavy (non-hydrogen) atoms. The van der Waals surface area contributed by atoms with Crippen molar-refractivity contribution in [3.8, 4) is 5.75 Å². The van der Waals surface area contributed by atoms with Gasteiger partial charge in [0, 0.05) is 37.8 Å². The summed E-state index contributed by atoms with van der Waals surface area (Å²) in [6.45, 7) is 10.9. The summed E-state index contributed by atoms with van der Waals surface area (Å²) in [4.78, 5) is 7.59. The molecule has 170 valence electrons. The van der Waals surface area contributed by atoms with Crippen LogP contribution in [0.5, 0.6) is 5.75 Å². The number of hydrogen-bond donors (Lipinski definition) is 2. The van der Waals surface area contributed by atoms with Crippen molar-refractivity contribution in [1.29, 1.82) is 0 Å². The lowest BCUT2D eigenvalue weighted by atomic mass is 9.74. The molecule has 3 rings (SSSR count). The molecule has 2 heterocycles. The zero-order valence-corrected chi connectivity index (χ0v) is 21.1. The summed E-state index contributed by atoms with van der Waals surface area (Å²) in [5.74, 6) is 1.82. The second-order valence-electron chi connectivity index (χ2n) is 8.12. The van der Waals surface area contributed by atoms with Crippen LogP contribution in [0.4, 0.5) is 0 Å². The average Bonchev–Trinajstić information content (AvgIpc) is 3.24. The summed E-state index contributed by atoms with van der Waals surface area (Å²) >= 11 is 0. The number of ether oxygens (including phenoxy) is 2. The Kier molecular flexibility index (Phi) is 10.7. The molecule has 1 atom stereocenters. The van der Waals surface area contributed by atoms with E-state index in [9.17, 15) is 0 Å². The first-order valence-electron chi connectivity index (χ1n) is 11.2. The van der Waals surface area contributed by atoms with Gasteiger partial charge in [-0.1, -0.05) is 19.1 Å². The van der Waals surface area contributed by atoms with Gasteiger partial charge < -0.3 is 20.1 Å². The average molecular weight is 530 g/mol. The van der Waals surface area contributed by atoms with Crippen LogP contribution in [0.15, 0.2) is 29.3 Å². The Hall–Kier alpha value is -1.06. The number of guanidine groups is 1. The number of nitrogens with one attached hydrogen (secondary N) is 2. The van der Waals surface area contributed by atoms with Crippen LogP contribution in [0.3, 0.4) is 0 Å². The highest BCUT2D eigenvalue weighted by Crippen LogP contribution is 2.36. The molecule has 2 saturated heterocycles. The third kappa shape index (κ3) is 6.47. The Morgan fingerprint density at radius 1 is 1.20 bits per heavy atom. The Labute approximate surface area is 199 Å². The van der Waals surface area contributed by atoms with Crippen molar-refractivity contribution in [2.45, 2.75) is 51.0 Å². The van der Waals surface area contributed by atoms with Gasteiger partial charge in [-0.2, -0.15) is 0 Å². The van der Waals surface area contributed by atoms with Crippen molar-refractivity contribution in [3.63, 3.8) is 0 Å². The molecular weight excluding hydrogens is 491 g/mol. The predicted octanol–water partition coefficient (Wildman–Crippen LogP) is 3.40. The molecule has 1 unspecified atom stereocenters. The van der Waals surface area contributed by atoms with Crippen LogP contribution in [0.1, 0.15) is 45.1 Å². The number of likely N-dealkylation sites (N-methyl/N-ethyl adjacent to an activating group) is 1. The first-order chi connectivity index (χ1) is 14.2. The minimum Gasteiger partial charge on any atom is -0.497 e. The predicted molar refractivity (Wildman–Crippen MR) is 134 cm³/mol. The van der Waals surface area contributed by atoms with E-state index in [2.05, 4.69) is 53.6 Å². The molecule has 2 N–H and O–H groups in total. The minimum atomic E-state index is 0. The van der Waals surface area contributed by atoms with Gasteiger partial charge in [-0.3, -0.25) is 9.89 Å². The summed E-state index contributed by atoms with van der Waals surface area (Å²) in [5, 5.41) is 7.03. The molecule has 1 aromatic carbocycles. The Morgan fingerprint density at radius 3 is 2.57 bits per heavy atom. The molecule has 2 aliphatic heterocycles. The smallest absolute Gasteiger partial charge is 0.191 e. The summed E-state index contributed by atoms with van der Waals surface area (Å²) in [5.41, 5.74) is 1.35. The molecule has 0 saturated carbocycles. The number of likely N-dealkylation sites (tertiary alicyclic amines) is 1. The largest absolute Gasteiger partial charge is 0.497 e. The van der Waals surface area contributed by atoms with Gasteiger partial charge in [0.05, 0.1) is 13.7 Å². The van der Waals surface area contributed by atoms with E-state index < -0.39 is 0 Å².